The van der Waals surface area contributed by atoms with E-state index in [1.54, 1.807) is 0 Å². The van der Waals surface area contributed by atoms with E-state index in [0.29, 0.717) is 5.96 Å². The highest BCUT2D eigenvalue weighted by molar-refractivity contribution is 9.10. The first-order valence-electron chi connectivity index (χ1n) is 8.84. The lowest BCUT2D eigenvalue weighted by Crippen LogP contribution is -2.32. The van der Waals surface area contributed by atoms with Gasteiger partial charge in [-0.2, -0.15) is 0 Å². The number of aryl methyl sites for hydroxylation is 3. The highest BCUT2D eigenvalue weighted by Crippen LogP contribution is 2.14. The zero-order valence-corrected chi connectivity index (χ0v) is 16.4. The maximum absolute atomic E-state index is 5.91. The van der Waals surface area contributed by atoms with E-state index in [2.05, 4.69) is 68.5 Å². The van der Waals surface area contributed by atoms with Crippen molar-refractivity contribution in [2.45, 2.75) is 39.0 Å². The molecule has 25 heavy (non-hydrogen) atoms. The third kappa shape index (κ3) is 7.69. The van der Waals surface area contributed by atoms with Crippen LogP contribution in [0.2, 0.25) is 0 Å². The van der Waals surface area contributed by atoms with Crippen molar-refractivity contribution in [1.82, 2.24) is 10.3 Å². The number of nitrogens with one attached hydrogen (secondary N) is 1. The first-order chi connectivity index (χ1) is 12.1. The third-order valence-corrected chi connectivity index (χ3v) is 4.48. The Bertz CT molecular complexity index is 671. The molecule has 0 spiro atoms. The Hall–Kier alpha value is -1.88. The minimum Gasteiger partial charge on any atom is -0.370 e. The van der Waals surface area contributed by atoms with Gasteiger partial charge in [-0.3, -0.25) is 9.98 Å². The summed E-state index contributed by atoms with van der Waals surface area (Å²) in [7, 11) is 0. The Balaban J connectivity index is 1.56. The summed E-state index contributed by atoms with van der Waals surface area (Å²) < 4.78 is 1.03. The highest BCUT2D eigenvalue weighted by atomic mass is 79.9. The van der Waals surface area contributed by atoms with E-state index in [9.17, 15) is 0 Å². The molecule has 2 rings (SSSR count). The second-order valence-electron chi connectivity index (χ2n) is 6.16. The van der Waals surface area contributed by atoms with Gasteiger partial charge in [0.05, 0.1) is 0 Å². The molecule has 0 aliphatic rings. The number of aromatic nitrogens is 1. The fourth-order valence-electron chi connectivity index (χ4n) is 2.64. The van der Waals surface area contributed by atoms with E-state index >= 15 is 0 Å². The molecule has 0 aliphatic heterocycles. The Morgan fingerprint density at radius 2 is 1.96 bits per heavy atom. The maximum atomic E-state index is 5.91. The quantitative estimate of drug-likeness (QED) is 0.378. The lowest BCUT2D eigenvalue weighted by Gasteiger charge is -2.06. The molecule has 1 aromatic heterocycles. The van der Waals surface area contributed by atoms with Crippen LogP contribution in [0.3, 0.4) is 0 Å². The molecule has 0 fully saturated rings. The summed E-state index contributed by atoms with van der Waals surface area (Å²) in [5, 5.41) is 3.19. The van der Waals surface area contributed by atoms with Crippen LogP contribution in [0.15, 0.2) is 52.1 Å². The second kappa shape index (κ2) is 10.9. The standard InChI is InChI=1S/C20H27BrN4/c1-16-14-18(21)15-25-19(16)11-5-6-12-23-20(22)24-13-7-10-17-8-3-2-4-9-17/h2-4,8-9,14-15H,5-7,10-13H2,1H3,(H3,22,23,24). The van der Waals surface area contributed by atoms with E-state index in [1.165, 1.54) is 16.8 Å². The smallest absolute Gasteiger partial charge is 0.188 e. The van der Waals surface area contributed by atoms with Crippen molar-refractivity contribution < 1.29 is 0 Å². The normalized spacial score (nSPS) is 11.5. The predicted octanol–water partition coefficient (Wildman–Crippen LogP) is 4.01. The summed E-state index contributed by atoms with van der Waals surface area (Å²) in [4.78, 5) is 8.86. The fourth-order valence-corrected chi connectivity index (χ4v) is 3.09. The minimum atomic E-state index is 0.547. The summed E-state index contributed by atoms with van der Waals surface area (Å²) in [6.45, 7) is 3.71. The SMILES string of the molecule is Cc1cc(Br)cnc1CCCCN=C(N)NCCCc1ccccc1. The van der Waals surface area contributed by atoms with Gasteiger partial charge < -0.3 is 11.1 Å². The average molecular weight is 403 g/mol. The molecule has 3 N–H and O–H groups in total. The molecule has 1 heterocycles. The number of unbranched alkanes of at least 4 members (excludes halogenated alkanes) is 1. The van der Waals surface area contributed by atoms with Crippen LogP contribution in [0, 0.1) is 6.92 Å². The van der Waals surface area contributed by atoms with Crippen LogP contribution in [0.4, 0.5) is 0 Å². The van der Waals surface area contributed by atoms with Gasteiger partial charge in [-0.15, -0.1) is 0 Å². The summed E-state index contributed by atoms with van der Waals surface area (Å²) in [6, 6.07) is 12.6. The van der Waals surface area contributed by atoms with Crippen LogP contribution < -0.4 is 11.1 Å². The highest BCUT2D eigenvalue weighted by Gasteiger charge is 2.01. The zero-order chi connectivity index (χ0) is 17.9. The van der Waals surface area contributed by atoms with Gasteiger partial charge in [0.1, 0.15) is 0 Å². The van der Waals surface area contributed by atoms with E-state index in [1.807, 2.05) is 12.3 Å². The molecule has 0 aliphatic carbocycles. The number of guanidine groups is 1. The molecule has 0 amide bonds. The van der Waals surface area contributed by atoms with E-state index in [-0.39, 0.29) is 0 Å². The van der Waals surface area contributed by atoms with Crippen LogP contribution in [0.5, 0.6) is 0 Å². The van der Waals surface area contributed by atoms with Crippen molar-refractivity contribution in [3.63, 3.8) is 0 Å². The first-order valence-corrected chi connectivity index (χ1v) is 9.63. The Morgan fingerprint density at radius 3 is 2.72 bits per heavy atom. The minimum absolute atomic E-state index is 0.547. The van der Waals surface area contributed by atoms with Gasteiger partial charge >= 0.3 is 0 Å². The number of halogens is 1. The lowest BCUT2D eigenvalue weighted by molar-refractivity contribution is 0.720. The number of hydrogen-bond acceptors (Lipinski definition) is 2. The van der Waals surface area contributed by atoms with Crippen molar-refractivity contribution in [3.8, 4) is 0 Å². The largest absolute Gasteiger partial charge is 0.370 e. The molecule has 0 bridgehead atoms. The van der Waals surface area contributed by atoms with Gasteiger partial charge in [0.15, 0.2) is 5.96 Å². The molecule has 4 nitrogen and oxygen atoms in total. The van der Waals surface area contributed by atoms with E-state index < -0.39 is 0 Å². The molecular weight excluding hydrogens is 376 g/mol. The van der Waals surface area contributed by atoms with Crippen LogP contribution in [-0.4, -0.2) is 24.0 Å². The van der Waals surface area contributed by atoms with Crippen molar-refractivity contribution in [2.24, 2.45) is 10.7 Å². The molecule has 2 aromatic rings. The number of rotatable bonds is 9. The third-order valence-electron chi connectivity index (χ3n) is 4.05. The second-order valence-corrected chi connectivity index (χ2v) is 7.07. The summed E-state index contributed by atoms with van der Waals surface area (Å²) in [6.07, 6.45) is 7.04. The fraction of sp³-hybridized carbons (Fsp3) is 0.400. The Labute approximate surface area is 159 Å². The van der Waals surface area contributed by atoms with Crippen LogP contribution >= 0.6 is 15.9 Å². The summed E-state index contributed by atoms with van der Waals surface area (Å²) >= 11 is 3.44. The van der Waals surface area contributed by atoms with E-state index in [4.69, 9.17) is 5.73 Å². The van der Waals surface area contributed by atoms with E-state index in [0.717, 1.165) is 49.7 Å². The molecule has 134 valence electrons. The predicted molar refractivity (Wildman–Crippen MR) is 109 cm³/mol. The van der Waals surface area contributed by atoms with Gasteiger partial charge in [0, 0.05) is 29.5 Å². The van der Waals surface area contributed by atoms with Crippen LogP contribution in [0.1, 0.15) is 36.1 Å². The number of nitrogens with two attached hydrogens (primary N) is 1. The van der Waals surface area contributed by atoms with Crippen molar-refractivity contribution in [3.05, 3.63) is 63.9 Å². The number of nitrogens with zero attached hydrogens (tertiary/aromatic N) is 2. The van der Waals surface area contributed by atoms with Crippen molar-refractivity contribution in [1.29, 1.82) is 0 Å². The lowest BCUT2D eigenvalue weighted by atomic mass is 10.1. The molecule has 0 saturated carbocycles. The molecule has 0 radical (unpaired) electrons. The van der Waals surface area contributed by atoms with Crippen LogP contribution in [-0.2, 0) is 12.8 Å². The van der Waals surface area contributed by atoms with Gasteiger partial charge in [-0.05, 0) is 72.2 Å². The molecular formula is C20H27BrN4. The first kappa shape index (κ1) is 19.4. The monoisotopic (exact) mass is 402 g/mol. The van der Waals surface area contributed by atoms with Crippen LogP contribution in [0.25, 0.3) is 0 Å². The number of hydrogen-bond donors (Lipinski definition) is 2. The maximum Gasteiger partial charge on any atom is 0.188 e. The summed E-state index contributed by atoms with van der Waals surface area (Å²) in [5.74, 6) is 0.547. The number of aliphatic imine (C=N–C) groups is 1. The van der Waals surface area contributed by atoms with Crippen molar-refractivity contribution >= 4 is 21.9 Å². The Kier molecular flexibility index (Phi) is 8.46. The van der Waals surface area contributed by atoms with Gasteiger partial charge in [-0.1, -0.05) is 30.3 Å². The Morgan fingerprint density at radius 1 is 1.16 bits per heavy atom. The molecule has 0 unspecified atom stereocenters. The average Bonchev–Trinajstić information content (AvgIpc) is 2.61. The van der Waals surface area contributed by atoms with Gasteiger partial charge in [-0.25, -0.2) is 0 Å². The molecule has 0 saturated heterocycles. The molecule has 5 heteroatoms. The van der Waals surface area contributed by atoms with Gasteiger partial charge in [0.2, 0.25) is 0 Å². The number of benzene rings is 1. The van der Waals surface area contributed by atoms with Gasteiger partial charge in [0.25, 0.3) is 0 Å². The zero-order valence-electron chi connectivity index (χ0n) is 14.8. The van der Waals surface area contributed by atoms with Crippen molar-refractivity contribution in [2.75, 3.05) is 13.1 Å². The summed E-state index contributed by atoms with van der Waals surface area (Å²) in [5.41, 5.74) is 9.67. The number of pyridine rings is 1. The molecule has 0 atom stereocenters. The molecule has 1 aromatic carbocycles. The topological polar surface area (TPSA) is 63.3 Å².